The van der Waals surface area contributed by atoms with E-state index in [0.717, 1.165) is 38.2 Å². The Bertz CT molecular complexity index is 463. The molecule has 0 aromatic heterocycles. The summed E-state index contributed by atoms with van der Waals surface area (Å²) in [6.07, 6.45) is 1.66. The first-order chi connectivity index (χ1) is 10.4. The normalized spacial score (nSPS) is 29.5. The number of aliphatic hydroxyl groups is 1. The zero-order valence-electron chi connectivity index (χ0n) is 14.3. The highest BCUT2D eigenvalue weighted by Gasteiger charge is 2.40. The first-order valence-corrected chi connectivity index (χ1v) is 8.21. The Labute approximate surface area is 134 Å². The van der Waals surface area contributed by atoms with Crippen molar-refractivity contribution in [2.24, 2.45) is 5.92 Å². The van der Waals surface area contributed by atoms with Gasteiger partial charge in [-0.2, -0.15) is 0 Å². The SMILES string of the molecule is COc1ccc(CNCC[C@]2(O)C[C@@H](C)N(C)C[C@@H]2C)cc1. The maximum absolute atomic E-state index is 10.9. The summed E-state index contributed by atoms with van der Waals surface area (Å²) >= 11 is 0. The molecule has 0 unspecified atom stereocenters. The van der Waals surface area contributed by atoms with Crippen LogP contribution in [-0.2, 0) is 6.54 Å². The summed E-state index contributed by atoms with van der Waals surface area (Å²) in [5.74, 6) is 1.20. The van der Waals surface area contributed by atoms with Gasteiger partial charge in [0, 0.05) is 19.1 Å². The van der Waals surface area contributed by atoms with Crippen molar-refractivity contribution in [1.29, 1.82) is 0 Å². The number of nitrogens with one attached hydrogen (secondary N) is 1. The highest BCUT2D eigenvalue weighted by atomic mass is 16.5. The Morgan fingerprint density at radius 1 is 1.32 bits per heavy atom. The van der Waals surface area contributed by atoms with Gasteiger partial charge >= 0.3 is 0 Å². The van der Waals surface area contributed by atoms with Gasteiger partial charge < -0.3 is 20.1 Å². The van der Waals surface area contributed by atoms with Gasteiger partial charge in [-0.05, 0) is 57.0 Å². The summed E-state index contributed by atoms with van der Waals surface area (Å²) in [7, 11) is 3.82. The van der Waals surface area contributed by atoms with Gasteiger partial charge in [-0.25, -0.2) is 0 Å². The minimum atomic E-state index is -0.543. The predicted molar refractivity (Wildman–Crippen MR) is 90.1 cm³/mol. The fourth-order valence-corrected chi connectivity index (χ4v) is 3.28. The summed E-state index contributed by atoms with van der Waals surface area (Å²) < 4.78 is 5.16. The van der Waals surface area contributed by atoms with Crippen LogP contribution in [0.4, 0.5) is 0 Å². The minimum absolute atomic E-state index is 0.316. The molecule has 4 heteroatoms. The number of ether oxygens (including phenoxy) is 1. The number of rotatable bonds is 6. The van der Waals surface area contributed by atoms with Crippen LogP contribution >= 0.6 is 0 Å². The highest BCUT2D eigenvalue weighted by Crippen LogP contribution is 2.33. The molecule has 1 aromatic rings. The van der Waals surface area contributed by atoms with Crippen LogP contribution in [-0.4, -0.2) is 48.9 Å². The Balaban J connectivity index is 1.77. The monoisotopic (exact) mass is 306 g/mol. The molecule has 22 heavy (non-hydrogen) atoms. The molecule has 1 aliphatic rings. The second kappa shape index (κ2) is 7.44. The van der Waals surface area contributed by atoms with Crippen LogP contribution < -0.4 is 10.1 Å². The van der Waals surface area contributed by atoms with Crippen molar-refractivity contribution in [3.63, 3.8) is 0 Å². The third-order valence-electron chi connectivity index (χ3n) is 5.10. The van der Waals surface area contributed by atoms with Crippen LogP contribution in [0.25, 0.3) is 0 Å². The van der Waals surface area contributed by atoms with Gasteiger partial charge in [0.15, 0.2) is 0 Å². The van der Waals surface area contributed by atoms with E-state index in [1.165, 1.54) is 5.56 Å². The molecule has 1 heterocycles. The summed E-state index contributed by atoms with van der Waals surface area (Å²) in [5, 5.41) is 14.4. The fourth-order valence-electron chi connectivity index (χ4n) is 3.28. The molecule has 0 radical (unpaired) electrons. The van der Waals surface area contributed by atoms with E-state index in [0.29, 0.717) is 12.0 Å². The third kappa shape index (κ3) is 4.22. The van der Waals surface area contributed by atoms with E-state index in [4.69, 9.17) is 4.74 Å². The first-order valence-electron chi connectivity index (χ1n) is 8.21. The molecular weight excluding hydrogens is 276 g/mol. The number of piperidine rings is 1. The molecule has 2 rings (SSSR count). The molecule has 0 saturated carbocycles. The molecule has 4 nitrogen and oxygen atoms in total. The lowest BCUT2D eigenvalue weighted by molar-refractivity contribution is -0.0831. The number of hydrogen-bond acceptors (Lipinski definition) is 4. The molecule has 3 atom stereocenters. The van der Waals surface area contributed by atoms with Crippen molar-refractivity contribution in [2.45, 2.75) is 44.9 Å². The topological polar surface area (TPSA) is 44.7 Å². The van der Waals surface area contributed by atoms with Crippen molar-refractivity contribution < 1.29 is 9.84 Å². The summed E-state index contributed by atoms with van der Waals surface area (Å²) in [6.45, 7) is 6.98. The molecule has 1 fully saturated rings. The largest absolute Gasteiger partial charge is 0.497 e. The van der Waals surface area contributed by atoms with E-state index >= 15 is 0 Å². The fraction of sp³-hybridized carbons (Fsp3) is 0.667. The van der Waals surface area contributed by atoms with Crippen molar-refractivity contribution in [3.8, 4) is 5.75 Å². The van der Waals surface area contributed by atoms with Crippen molar-refractivity contribution in [1.82, 2.24) is 10.2 Å². The van der Waals surface area contributed by atoms with Gasteiger partial charge in [0.05, 0.1) is 12.7 Å². The summed E-state index contributed by atoms with van der Waals surface area (Å²) in [5.41, 5.74) is 0.691. The van der Waals surface area contributed by atoms with Crippen LogP contribution in [0.1, 0.15) is 32.3 Å². The van der Waals surface area contributed by atoms with Crippen LogP contribution in [0, 0.1) is 5.92 Å². The minimum Gasteiger partial charge on any atom is -0.497 e. The van der Waals surface area contributed by atoms with Gasteiger partial charge in [0.25, 0.3) is 0 Å². The second-order valence-corrected chi connectivity index (χ2v) is 6.77. The average Bonchev–Trinajstić information content (AvgIpc) is 2.50. The average molecular weight is 306 g/mol. The van der Waals surface area contributed by atoms with Crippen LogP contribution in [0.15, 0.2) is 24.3 Å². The number of likely N-dealkylation sites (tertiary alicyclic amines) is 1. The van der Waals surface area contributed by atoms with E-state index in [2.05, 4.69) is 43.2 Å². The molecule has 2 N–H and O–H groups in total. The van der Waals surface area contributed by atoms with Gasteiger partial charge in [0.1, 0.15) is 5.75 Å². The summed E-state index contributed by atoms with van der Waals surface area (Å²) in [4.78, 5) is 2.34. The molecule has 1 saturated heterocycles. The molecule has 0 spiro atoms. The zero-order chi connectivity index (χ0) is 16.2. The molecule has 1 aliphatic heterocycles. The Morgan fingerprint density at radius 2 is 2.00 bits per heavy atom. The number of nitrogens with zero attached hydrogens (tertiary/aromatic N) is 1. The predicted octanol–water partition coefficient (Wildman–Crippen LogP) is 2.27. The van der Waals surface area contributed by atoms with Crippen LogP contribution in [0.5, 0.6) is 5.75 Å². The second-order valence-electron chi connectivity index (χ2n) is 6.77. The van der Waals surface area contributed by atoms with Crippen LogP contribution in [0.2, 0.25) is 0 Å². The quantitative estimate of drug-likeness (QED) is 0.792. The Kier molecular flexibility index (Phi) is 5.84. The van der Waals surface area contributed by atoms with Crippen molar-refractivity contribution in [2.75, 3.05) is 27.2 Å². The lowest BCUT2D eigenvalue weighted by atomic mass is 9.77. The summed E-state index contributed by atoms with van der Waals surface area (Å²) in [6, 6.07) is 8.54. The first kappa shape index (κ1) is 17.3. The molecular formula is C18H30N2O2. The van der Waals surface area contributed by atoms with Gasteiger partial charge in [-0.1, -0.05) is 19.1 Å². The lowest BCUT2D eigenvalue weighted by Crippen LogP contribution is -2.54. The molecule has 0 amide bonds. The Morgan fingerprint density at radius 3 is 2.64 bits per heavy atom. The highest BCUT2D eigenvalue weighted by molar-refractivity contribution is 5.26. The number of hydrogen-bond donors (Lipinski definition) is 2. The zero-order valence-corrected chi connectivity index (χ0v) is 14.3. The standard InChI is InChI=1S/C18H30N2O2/c1-14-13-20(3)15(2)11-18(14,21)9-10-19-12-16-5-7-17(22-4)8-6-16/h5-8,14-15,19,21H,9-13H2,1-4H3/t14-,15+,18-/m0/s1. The third-order valence-corrected chi connectivity index (χ3v) is 5.10. The van der Waals surface area contributed by atoms with E-state index in [-0.39, 0.29) is 0 Å². The van der Waals surface area contributed by atoms with Crippen molar-refractivity contribution in [3.05, 3.63) is 29.8 Å². The van der Waals surface area contributed by atoms with Gasteiger partial charge in [-0.3, -0.25) is 0 Å². The van der Waals surface area contributed by atoms with Crippen molar-refractivity contribution >= 4 is 0 Å². The lowest BCUT2D eigenvalue weighted by Gasteiger charge is -2.46. The van der Waals surface area contributed by atoms with E-state index < -0.39 is 5.60 Å². The van der Waals surface area contributed by atoms with E-state index in [9.17, 15) is 5.11 Å². The molecule has 0 bridgehead atoms. The number of benzene rings is 1. The van der Waals surface area contributed by atoms with E-state index in [1.54, 1.807) is 7.11 Å². The van der Waals surface area contributed by atoms with Gasteiger partial charge in [0.2, 0.25) is 0 Å². The molecule has 1 aromatic carbocycles. The smallest absolute Gasteiger partial charge is 0.118 e. The van der Waals surface area contributed by atoms with Crippen LogP contribution in [0.3, 0.4) is 0 Å². The van der Waals surface area contributed by atoms with E-state index in [1.807, 2.05) is 12.1 Å². The molecule has 0 aliphatic carbocycles. The maximum Gasteiger partial charge on any atom is 0.118 e. The Hall–Kier alpha value is -1.10. The van der Waals surface area contributed by atoms with Gasteiger partial charge in [-0.15, -0.1) is 0 Å². The molecule has 124 valence electrons. The number of methoxy groups -OCH3 is 1. The maximum atomic E-state index is 10.9.